The van der Waals surface area contributed by atoms with Crippen LogP contribution in [0.3, 0.4) is 0 Å². The van der Waals surface area contributed by atoms with Gasteiger partial charge in [0.25, 0.3) is 0 Å². The molecule has 1 aliphatic heterocycles. The highest BCUT2D eigenvalue weighted by Gasteiger charge is 2.31. The normalized spacial score (nSPS) is 15.0. The second kappa shape index (κ2) is 7.47. The summed E-state index contributed by atoms with van der Waals surface area (Å²) in [6.07, 6.45) is -1.36. The van der Waals surface area contributed by atoms with Crippen LogP contribution in [0.5, 0.6) is 0 Å². The largest absolute Gasteiger partial charge is 0.416 e. The Kier molecular flexibility index (Phi) is 4.99. The van der Waals surface area contributed by atoms with E-state index in [1.165, 1.54) is 16.9 Å². The molecule has 0 saturated carbocycles. The summed E-state index contributed by atoms with van der Waals surface area (Å²) >= 11 is 0. The maximum Gasteiger partial charge on any atom is 0.416 e. The highest BCUT2D eigenvalue weighted by molar-refractivity contribution is 5.83. The van der Waals surface area contributed by atoms with Gasteiger partial charge in [0.1, 0.15) is 12.1 Å². The Morgan fingerprint density at radius 1 is 1.21 bits per heavy atom. The van der Waals surface area contributed by atoms with Gasteiger partial charge >= 0.3 is 6.18 Å². The Bertz CT molecular complexity index is 1040. The van der Waals surface area contributed by atoms with E-state index >= 15 is 0 Å². The molecule has 4 rings (SSSR count). The number of methoxy groups -OCH3 is 1. The summed E-state index contributed by atoms with van der Waals surface area (Å²) in [5, 5.41) is 4.23. The van der Waals surface area contributed by atoms with Gasteiger partial charge in [-0.2, -0.15) is 18.3 Å². The number of ether oxygens (including phenoxy) is 1. The number of carbonyl (C=O) groups is 1. The maximum atomic E-state index is 13.0. The summed E-state index contributed by atoms with van der Waals surface area (Å²) in [6, 6.07) is 6.79. The first kappa shape index (κ1) is 19.4. The van der Waals surface area contributed by atoms with E-state index in [1.807, 2.05) is 0 Å². The molecule has 152 valence electrons. The number of hydrogen-bond donors (Lipinski definition) is 0. The average Bonchev–Trinajstić information content (AvgIpc) is 3.05. The molecule has 0 aliphatic carbocycles. The third kappa shape index (κ3) is 3.95. The number of pyridine rings is 1. The summed E-state index contributed by atoms with van der Waals surface area (Å²) in [5.74, 6) is 0.291. The van der Waals surface area contributed by atoms with Crippen LogP contribution in [0.2, 0.25) is 0 Å². The summed E-state index contributed by atoms with van der Waals surface area (Å²) in [4.78, 5) is 18.5. The molecule has 0 N–H and O–H groups in total. The number of carbonyl (C=O) groups excluding carboxylic acids is 1. The van der Waals surface area contributed by atoms with E-state index in [1.54, 1.807) is 30.3 Å². The van der Waals surface area contributed by atoms with Crippen LogP contribution in [0.25, 0.3) is 22.2 Å². The van der Waals surface area contributed by atoms with E-state index in [9.17, 15) is 18.0 Å². The molecule has 3 aromatic rings. The molecular formula is C20H19F3N4O2. The van der Waals surface area contributed by atoms with Crippen LogP contribution in [0.15, 0.2) is 42.7 Å². The molecule has 1 aromatic carbocycles. The number of alkyl halides is 3. The first-order chi connectivity index (χ1) is 13.8. The van der Waals surface area contributed by atoms with Crippen molar-refractivity contribution >= 4 is 16.9 Å². The molecule has 29 heavy (non-hydrogen) atoms. The predicted octanol–water partition coefficient (Wildman–Crippen LogP) is 3.22. The summed E-state index contributed by atoms with van der Waals surface area (Å²) in [6.45, 7) is 1.98. The Balaban J connectivity index is 1.57. The summed E-state index contributed by atoms with van der Waals surface area (Å²) in [5.41, 5.74) is 1.39. The topological polar surface area (TPSA) is 60.2 Å². The van der Waals surface area contributed by atoms with Crippen molar-refractivity contribution in [2.75, 3.05) is 26.8 Å². The van der Waals surface area contributed by atoms with Gasteiger partial charge in [-0.25, -0.2) is 0 Å². The fourth-order valence-corrected chi connectivity index (χ4v) is 3.46. The third-order valence-electron chi connectivity index (χ3n) is 5.02. The fourth-order valence-electron chi connectivity index (χ4n) is 3.46. The molecule has 1 saturated heterocycles. The molecule has 0 unspecified atom stereocenters. The van der Waals surface area contributed by atoms with E-state index < -0.39 is 11.7 Å². The molecule has 9 heteroatoms. The minimum absolute atomic E-state index is 0.0525. The third-order valence-corrected chi connectivity index (χ3v) is 5.02. The van der Waals surface area contributed by atoms with Gasteiger partial charge in [0.05, 0.1) is 23.9 Å². The monoisotopic (exact) mass is 404 g/mol. The first-order valence-corrected chi connectivity index (χ1v) is 9.11. The number of likely N-dealkylation sites (tertiary alicyclic amines) is 1. The Morgan fingerprint density at radius 2 is 2.00 bits per heavy atom. The molecule has 2 aromatic heterocycles. The second-order valence-electron chi connectivity index (χ2n) is 7.13. The van der Waals surface area contributed by atoms with E-state index in [-0.39, 0.29) is 12.5 Å². The molecular weight excluding hydrogens is 385 g/mol. The standard InChI is InChI=1S/C20H19F3N4O2/c1-29-12-13-9-26(10-13)19(28)11-27-18-6-15(7-24-17(18)8-25-27)14-3-2-4-16(5-14)20(21,22)23/h2-8,13H,9-12H2,1H3. The zero-order valence-corrected chi connectivity index (χ0v) is 15.7. The van der Waals surface area contributed by atoms with Crippen LogP contribution >= 0.6 is 0 Å². The van der Waals surface area contributed by atoms with E-state index in [4.69, 9.17) is 4.74 Å². The van der Waals surface area contributed by atoms with Gasteiger partial charge in [-0.1, -0.05) is 12.1 Å². The van der Waals surface area contributed by atoms with Gasteiger partial charge in [-0.05, 0) is 23.8 Å². The summed E-state index contributed by atoms with van der Waals surface area (Å²) in [7, 11) is 1.63. The van der Waals surface area contributed by atoms with Crippen molar-refractivity contribution in [2.45, 2.75) is 12.7 Å². The fraction of sp³-hybridized carbons (Fsp3) is 0.350. The lowest BCUT2D eigenvalue weighted by molar-refractivity contribution is -0.139. The van der Waals surface area contributed by atoms with Gasteiger partial charge < -0.3 is 9.64 Å². The zero-order chi connectivity index (χ0) is 20.6. The van der Waals surface area contributed by atoms with Crippen LogP contribution in [0.1, 0.15) is 5.56 Å². The maximum absolute atomic E-state index is 13.0. The van der Waals surface area contributed by atoms with Crippen molar-refractivity contribution < 1.29 is 22.7 Å². The lowest BCUT2D eigenvalue weighted by Crippen LogP contribution is -2.52. The van der Waals surface area contributed by atoms with Crippen LogP contribution in [0.4, 0.5) is 13.2 Å². The number of halogens is 3. The van der Waals surface area contributed by atoms with Crippen LogP contribution < -0.4 is 0 Å². The number of hydrogen-bond acceptors (Lipinski definition) is 4. The lowest BCUT2D eigenvalue weighted by atomic mass is 10.0. The Hall–Kier alpha value is -2.94. The molecule has 0 bridgehead atoms. The van der Waals surface area contributed by atoms with Crippen LogP contribution in [-0.4, -0.2) is 52.4 Å². The van der Waals surface area contributed by atoms with Crippen molar-refractivity contribution in [1.29, 1.82) is 0 Å². The number of nitrogens with zero attached hydrogens (tertiary/aromatic N) is 4. The van der Waals surface area contributed by atoms with Crippen LogP contribution in [-0.2, 0) is 22.3 Å². The zero-order valence-electron chi connectivity index (χ0n) is 15.7. The number of aromatic nitrogens is 3. The molecule has 1 amide bonds. The number of amides is 1. The molecule has 1 aliphatic rings. The highest BCUT2D eigenvalue weighted by atomic mass is 19.4. The van der Waals surface area contributed by atoms with Gasteiger partial charge in [0.15, 0.2) is 0 Å². The molecule has 0 radical (unpaired) electrons. The summed E-state index contributed by atoms with van der Waals surface area (Å²) < 4.78 is 45.6. The predicted molar refractivity (Wildman–Crippen MR) is 99.9 cm³/mol. The number of fused-ring (bicyclic) bond motifs is 1. The number of rotatable bonds is 5. The van der Waals surface area contributed by atoms with Crippen molar-refractivity contribution in [1.82, 2.24) is 19.7 Å². The highest BCUT2D eigenvalue weighted by Crippen LogP contribution is 2.32. The average molecular weight is 404 g/mol. The van der Waals surface area contributed by atoms with Gasteiger partial charge in [0, 0.05) is 37.9 Å². The molecule has 0 spiro atoms. The molecule has 6 nitrogen and oxygen atoms in total. The smallest absolute Gasteiger partial charge is 0.384 e. The molecule has 3 heterocycles. The quantitative estimate of drug-likeness (QED) is 0.655. The van der Waals surface area contributed by atoms with E-state index in [0.717, 1.165) is 12.1 Å². The van der Waals surface area contributed by atoms with Gasteiger partial charge in [-0.15, -0.1) is 0 Å². The molecule has 0 atom stereocenters. The van der Waals surface area contributed by atoms with E-state index in [0.29, 0.717) is 47.8 Å². The SMILES string of the molecule is COCC1CN(C(=O)Cn2ncc3ncc(-c4cccc(C(F)(F)F)c4)cc32)C1. The minimum Gasteiger partial charge on any atom is -0.384 e. The van der Waals surface area contributed by atoms with Gasteiger partial charge in [-0.3, -0.25) is 14.5 Å². The lowest BCUT2D eigenvalue weighted by Gasteiger charge is -2.38. The first-order valence-electron chi connectivity index (χ1n) is 9.11. The number of benzene rings is 1. The van der Waals surface area contributed by atoms with Crippen molar-refractivity contribution in [3.63, 3.8) is 0 Å². The molecule has 1 fully saturated rings. The second-order valence-corrected chi connectivity index (χ2v) is 7.13. The van der Waals surface area contributed by atoms with Gasteiger partial charge in [0.2, 0.25) is 5.91 Å². The van der Waals surface area contributed by atoms with Crippen molar-refractivity contribution in [3.05, 3.63) is 48.3 Å². The van der Waals surface area contributed by atoms with E-state index in [2.05, 4.69) is 10.1 Å². The minimum atomic E-state index is -4.42. The Morgan fingerprint density at radius 3 is 2.72 bits per heavy atom. The van der Waals surface area contributed by atoms with Crippen molar-refractivity contribution in [3.8, 4) is 11.1 Å². The van der Waals surface area contributed by atoms with Crippen LogP contribution in [0, 0.1) is 5.92 Å². The Labute approximate surface area is 164 Å². The van der Waals surface area contributed by atoms with Crippen molar-refractivity contribution in [2.24, 2.45) is 5.92 Å².